The van der Waals surface area contributed by atoms with Crippen molar-refractivity contribution in [1.82, 2.24) is 9.47 Å². The Bertz CT molecular complexity index is 1340. The minimum Gasteiger partial charge on any atom is -0.469 e. The molecule has 0 unspecified atom stereocenters. The fourth-order valence-electron chi connectivity index (χ4n) is 5.34. The van der Waals surface area contributed by atoms with E-state index in [1.807, 2.05) is 29.8 Å². The third kappa shape index (κ3) is 4.88. The summed E-state index contributed by atoms with van der Waals surface area (Å²) in [5.74, 6) is 0.477. The molecule has 4 nitrogen and oxygen atoms in total. The molecule has 0 amide bonds. The lowest BCUT2D eigenvalue weighted by molar-refractivity contribution is -0.142. The molecule has 1 aliphatic heterocycles. The van der Waals surface area contributed by atoms with Gasteiger partial charge in [0.15, 0.2) is 0 Å². The maximum Gasteiger partial charge on any atom is 0.305 e. The molecule has 0 radical (unpaired) electrons. The van der Waals surface area contributed by atoms with Gasteiger partial charge in [0.05, 0.1) is 17.6 Å². The monoisotopic (exact) mass is 528 g/mol. The summed E-state index contributed by atoms with van der Waals surface area (Å²) < 4.78 is 21.8. The zero-order chi connectivity index (χ0) is 25.6. The largest absolute Gasteiger partial charge is 0.469 e. The number of likely N-dealkylation sites (tertiary alicyclic amines) is 1. The molecule has 3 aromatic rings. The van der Waals surface area contributed by atoms with Gasteiger partial charge in [-0.1, -0.05) is 29.8 Å². The van der Waals surface area contributed by atoms with Crippen molar-refractivity contribution in [2.24, 2.45) is 13.0 Å². The Morgan fingerprint density at radius 1 is 1.14 bits per heavy atom. The molecule has 0 spiro atoms. The number of nitrogens with zero attached hydrogens (tertiary/aromatic N) is 2. The van der Waals surface area contributed by atoms with Crippen LogP contribution in [0.1, 0.15) is 60.4 Å². The summed E-state index contributed by atoms with van der Waals surface area (Å²) >= 11 is 13.6. The molecule has 7 heteroatoms. The zero-order valence-corrected chi connectivity index (χ0v) is 22.3. The molecule has 1 saturated heterocycles. The lowest BCUT2D eigenvalue weighted by Crippen LogP contribution is -2.33. The Balaban J connectivity index is 1.38. The van der Waals surface area contributed by atoms with Crippen molar-refractivity contribution >= 4 is 45.8 Å². The van der Waals surface area contributed by atoms with Crippen molar-refractivity contribution in [2.75, 3.05) is 20.2 Å². The van der Waals surface area contributed by atoms with Crippen molar-refractivity contribution in [3.63, 3.8) is 0 Å². The van der Waals surface area contributed by atoms with Gasteiger partial charge in [0.1, 0.15) is 5.82 Å². The summed E-state index contributed by atoms with van der Waals surface area (Å²) in [7, 11) is 3.40. The molecule has 0 bridgehead atoms. The Labute approximate surface area is 221 Å². The van der Waals surface area contributed by atoms with Crippen LogP contribution >= 0.6 is 23.2 Å². The average Bonchev–Trinajstić information content (AvgIpc) is 3.67. The highest BCUT2D eigenvalue weighted by atomic mass is 35.5. The first-order valence-corrected chi connectivity index (χ1v) is 13.3. The Kier molecular flexibility index (Phi) is 7.06. The minimum absolute atomic E-state index is 0.158. The third-order valence-electron chi connectivity index (χ3n) is 7.82. The predicted octanol–water partition coefficient (Wildman–Crippen LogP) is 7.34. The number of aromatic nitrogens is 1. The van der Waals surface area contributed by atoms with Gasteiger partial charge in [-0.25, -0.2) is 4.39 Å². The second kappa shape index (κ2) is 10.1. The Hall–Kier alpha value is -2.50. The van der Waals surface area contributed by atoms with Crippen molar-refractivity contribution in [3.05, 3.63) is 75.2 Å². The molecule has 2 aromatic carbocycles. The van der Waals surface area contributed by atoms with Crippen LogP contribution in [-0.4, -0.2) is 35.6 Å². The van der Waals surface area contributed by atoms with Crippen LogP contribution in [0.5, 0.6) is 0 Å². The van der Waals surface area contributed by atoms with E-state index in [9.17, 15) is 9.18 Å². The van der Waals surface area contributed by atoms with E-state index < -0.39 is 0 Å². The topological polar surface area (TPSA) is 34.5 Å². The van der Waals surface area contributed by atoms with Crippen LogP contribution in [0.25, 0.3) is 16.6 Å². The van der Waals surface area contributed by atoms with E-state index in [-0.39, 0.29) is 11.8 Å². The zero-order valence-electron chi connectivity index (χ0n) is 20.8. The number of ether oxygens (including phenoxy) is 1. The lowest BCUT2D eigenvalue weighted by Gasteiger charge is -2.35. The van der Waals surface area contributed by atoms with Crippen LogP contribution in [0.15, 0.2) is 36.9 Å². The fourth-order valence-corrected chi connectivity index (χ4v) is 5.96. The van der Waals surface area contributed by atoms with E-state index in [2.05, 4.69) is 17.5 Å². The molecule has 2 fully saturated rings. The number of hydrogen-bond donors (Lipinski definition) is 0. The maximum absolute atomic E-state index is 14.9. The number of esters is 1. The first-order chi connectivity index (χ1) is 17.3. The van der Waals surface area contributed by atoms with Crippen LogP contribution in [0, 0.1) is 11.7 Å². The molecular weight excluding hydrogens is 498 g/mol. The van der Waals surface area contributed by atoms with E-state index in [4.69, 9.17) is 27.9 Å². The number of rotatable bonds is 7. The minimum atomic E-state index is -0.175. The third-order valence-corrected chi connectivity index (χ3v) is 8.60. The SMILES string of the molecule is C=C(c1ccc(Cl)c(Cc2cc3c(F)cc(C4CC4)cc3n2C)c1Cl)N1CCC(CC(=O)OC)CC1. The number of aryl methyl sites for hydroxylation is 1. The number of carbonyl (C=O) groups excluding carboxylic acids is 1. The molecule has 2 heterocycles. The smallest absolute Gasteiger partial charge is 0.305 e. The highest BCUT2D eigenvalue weighted by Crippen LogP contribution is 2.42. The molecule has 2 aliphatic rings. The van der Waals surface area contributed by atoms with E-state index in [0.717, 1.165) is 72.4 Å². The highest BCUT2D eigenvalue weighted by Gasteiger charge is 2.27. The van der Waals surface area contributed by atoms with Gasteiger partial charge in [-0.05, 0) is 79.0 Å². The lowest BCUT2D eigenvalue weighted by atomic mass is 9.92. The van der Waals surface area contributed by atoms with Crippen molar-refractivity contribution in [1.29, 1.82) is 0 Å². The molecule has 0 N–H and O–H groups in total. The van der Waals surface area contributed by atoms with Gasteiger partial charge in [0, 0.05) is 60.3 Å². The molecule has 1 aromatic heterocycles. The number of methoxy groups -OCH3 is 1. The molecular formula is C29H31Cl2FN2O2. The summed E-state index contributed by atoms with van der Waals surface area (Å²) in [6.45, 7) is 5.95. The quantitative estimate of drug-likeness (QED) is 0.301. The predicted molar refractivity (Wildman–Crippen MR) is 144 cm³/mol. The summed E-state index contributed by atoms with van der Waals surface area (Å²) in [6, 6.07) is 9.48. The van der Waals surface area contributed by atoms with Gasteiger partial charge in [0.25, 0.3) is 0 Å². The van der Waals surface area contributed by atoms with E-state index in [1.165, 1.54) is 7.11 Å². The molecule has 1 saturated carbocycles. The maximum atomic E-state index is 14.9. The molecule has 36 heavy (non-hydrogen) atoms. The van der Waals surface area contributed by atoms with Crippen molar-refractivity contribution in [3.8, 4) is 0 Å². The first-order valence-electron chi connectivity index (χ1n) is 12.5. The van der Waals surface area contributed by atoms with E-state index >= 15 is 0 Å². The van der Waals surface area contributed by atoms with E-state index in [0.29, 0.717) is 40.1 Å². The van der Waals surface area contributed by atoms with Crippen LogP contribution in [0.3, 0.4) is 0 Å². The first kappa shape index (κ1) is 25.2. The molecule has 5 rings (SSSR count). The number of benzene rings is 2. The number of hydrogen-bond acceptors (Lipinski definition) is 3. The van der Waals surface area contributed by atoms with Crippen molar-refractivity contribution < 1.29 is 13.9 Å². The van der Waals surface area contributed by atoms with Gasteiger partial charge in [-0.15, -0.1) is 0 Å². The number of piperidine rings is 1. The average molecular weight is 529 g/mol. The summed E-state index contributed by atoms with van der Waals surface area (Å²) in [5, 5.41) is 1.78. The van der Waals surface area contributed by atoms with Crippen LogP contribution < -0.4 is 0 Å². The number of carbonyl (C=O) groups is 1. The second-order valence-electron chi connectivity index (χ2n) is 10.1. The van der Waals surface area contributed by atoms with Gasteiger partial charge < -0.3 is 14.2 Å². The van der Waals surface area contributed by atoms with Gasteiger partial charge >= 0.3 is 5.97 Å². The van der Waals surface area contributed by atoms with E-state index in [1.54, 1.807) is 6.07 Å². The van der Waals surface area contributed by atoms with Gasteiger partial charge in [0.2, 0.25) is 0 Å². The highest BCUT2D eigenvalue weighted by molar-refractivity contribution is 6.37. The number of halogens is 3. The standard InChI is InChI=1S/C29H31Cl2FN2O2/c1-17(34-10-8-18(9-11-34)12-28(35)36-3)22-6-7-25(30)23(29(22)31)15-21-16-24-26(32)13-20(19-4-5-19)14-27(24)33(21)2/h6-7,13-14,16,18-19H,1,4-5,8-12,15H2,2-3H3. The summed E-state index contributed by atoms with van der Waals surface area (Å²) in [5.41, 5.74) is 5.44. The summed E-state index contributed by atoms with van der Waals surface area (Å²) in [4.78, 5) is 13.8. The van der Waals surface area contributed by atoms with Gasteiger partial charge in [-0.3, -0.25) is 4.79 Å². The Morgan fingerprint density at radius 2 is 1.86 bits per heavy atom. The molecule has 190 valence electrons. The summed E-state index contributed by atoms with van der Waals surface area (Å²) in [6.07, 6.45) is 5.01. The van der Waals surface area contributed by atoms with Crippen LogP contribution in [0.2, 0.25) is 10.0 Å². The van der Waals surface area contributed by atoms with Gasteiger partial charge in [-0.2, -0.15) is 0 Å². The van der Waals surface area contributed by atoms with Crippen LogP contribution in [0.4, 0.5) is 4.39 Å². The van der Waals surface area contributed by atoms with Crippen LogP contribution in [-0.2, 0) is 23.0 Å². The fraction of sp³-hybridized carbons (Fsp3) is 0.414. The Morgan fingerprint density at radius 3 is 2.53 bits per heavy atom. The molecule has 0 atom stereocenters. The van der Waals surface area contributed by atoms with Crippen molar-refractivity contribution in [2.45, 2.75) is 44.4 Å². The normalized spacial score (nSPS) is 16.5. The second-order valence-corrected chi connectivity index (χ2v) is 10.9. The molecule has 1 aliphatic carbocycles. The number of fused-ring (bicyclic) bond motifs is 1.